The molecule has 140 valence electrons. The zero-order chi connectivity index (χ0) is 19.1. The number of aromatic nitrogens is 3. The minimum atomic E-state index is 0.494. The molecule has 0 radical (unpaired) electrons. The maximum Gasteiger partial charge on any atom is 0.249 e. The summed E-state index contributed by atoms with van der Waals surface area (Å²) in [7, 11) is 1.67. The molecule has 3 rings (SSSR count). The lowest BCUT2D eigenvalue weighted by atomic mass is 10.1. The molecule has 0 aliphatic carbocycles. The number of para-hydroxylation sites is 1. The number of rotatable bonds is 8. The van der Waals surface area contributed by atoms with Gasteiger partial charge in [0.1, 0.15) is 5.75 Å². The van der Waals surface area contributed by atoms with Crippen LogP contribution in [0.3, 0.4) is 0 Å². The largest absolute Gasteiger partial charge is 0.497 e. The lowest BCUT2D eigenvalue weighted by molar-refractivity contribution is 0.414. The number of nitrogens with zero attached hydrogens (tertiary/aromatic N) is 3. The Morgan fingerprint density at radius 3 is 2.63 bits per heavy atom. The third-order valence-electron chi connectivity index (χ3n) is 4.41. The molecule has 0 aliphatic heterocycles. The Kier molecular flexibility index (Phi) is 6.20. The number of ether oxygens (including phenoxy) is 1. The molecule has 6 heteroatoms. The summed E-state index contributed by atoms with van der Waals surface area (Å²) in [6.07, 6.45) is 3.46. The summed E-state index contributed by atoms with van der Waals surface area (Å²) in [6, 6.07) is 14.3. The molecule has 1 heterocycles. The van der Waals surface area contributed by atoms with Crippen LogP contribution in [0, 0.1) is 6.92 Å². The van der Waals surface area contributed by atoms with Gasteiger partial charge in [0.2, 0.25) is 5.95 Å². The summed E-state index contributed by atoms with van der Waals surface area (Å²) >= 11 is 0. The molecule has 0 atom stereocenters. The number of benzene rings is 2. The second kappa shape index (κ2) is 8.98. The standard InChI is InChI=1S/C21H25N5O/c1-4-17-7-5-6-15(2)20(17)25-21-24-19(14-23-26-21)22-13-12-16-8-10-18(27-3)11-9-16/h5-11,14H,4,12-13H2,1-3H3,(H2,22,24,25,26). The van der Waals surface area contributed by atoms with Crippen LogP contribution >= 0.6 is 0 Å². The summed E-state index contributed by atoms with van der Waals surface area (Å²) in [5.74, 6) is 2.06. The van der Waals surface area contributed by atoms with Crippen molar-refractivity contribution in [1.82, 2.24) is 15.2 Å². The predicted octanol–water partition coefficient (Wildman–Crippen LogP) is 4.15. The van der Waals surface area contributed by atoms with Crippen molar-refractivity contribution in [1.29, 1.82) is 0 Å². The number of hydrogen-bond acceptors (Lipinski definition) is 6. The van der Waals surface area contributed by atoms with Crippen LogP contribution in [0.2, 0.25) is 0 Å². The fourth-order valence-electron chi connectivity index (χ4n) is 2.88. The van der Waals surface area contributed by atoms with Crippen molar-refractivity contribution in [2.75, 3.05) is 24.3 Å². The van der Waals surface area contributed by atoms with E-state index in [2.05, 4.69) is 70.0 Å². The van der Waals surface area contributed by atoms with E-state index in [-0.39, 0.29) is 0 Å². The summed E-state index contributed by atoms with van der Waals surface area (Å²) in [6.45, 7) is 4.97. The molecule has 0 saturated carbocycles. The first-order chi connectivity index (χ1) is 13.2. The topological polar surface area (TPSA) is 72.0 Å². The minimum Gasteiger partial charge on any atom is -0.497 e. The molecule has 2 N–H and O–H groups in total. The van der Waals surface area contributed by atoms with Gasteiger partial charge in [-0.2, -0.15) is 10.1 Å². The minimum absolute atomic E-state index is 0.494. The molecule has 0 saturated heterocycles. The molecule has 0 aliphatic rings. The molecule has 27 heavy (non-hydrogen) atoms. The predicted molar refractivity (Wildman–Crippen MR) is 109 cm³/mol. The quantitative estimate of drug-likeness (QED) is 0.626. The van der Waals surface area contributed by atoms with Gasteiger partial charge in [-0.1, -0.05) is 37.3 Å². The first-order valence-electron chi connectivity index (χ1n) is 9.11. The van der Waals surface area contributed by atoms with E-state index in [4.69, 9.17) is 4.74 Å². The number of methoxy groups -OCH3 is 1. The third-order valence-corrected chi connectivity index (χ3v) is 4.41. The van der Waals surface area contributed by atoms with Crippen molar-refractivity contribution in [3.63, 3.8) is 0 Å². The first-order valence-corrected chi connectivity index (χ1v) is 9.11. The first kappa shape index (κ1) is 18.6. The summed E-state index contributed by atoms with van der Waals surface area (Å²) < 4.78 is 5.18. The van der Waals surface area contributed by atoms with E-state index in [1.54, 1.807) is 13.3 Å². The summed E-state index contributed by atoms with van der Waals surface area (Å²) in [4.78, 5) is 4.53. The van der Waals surface area contributed by atoms with Gasteiger partial charge in [-0.15, -0.1) is 5.10 Å². The molecule has 3 aromatic rings. The average Bonchev–Trinajstić information content (AvgIpc) is 2.70. The molecular formula is C21H25N5O. The van der Waals surface area contributed by atoms with Crippen LogP contribution in [0.1, 0.15) is 23.6 Å². The monoisotopic (exact) mass is 363 g/mol. The highest BCUT2D eigenvalue weighted by atomic mass is 16.5. The lowest BCUT2D eigenvalue weighted by Crippen LogP contribution is -2.09. The van der Waals surface area contributed by atoms with Crippen molar-refractivity contribution in [2.45, 2.75) is 26.7 Å². The van der Waals surface area contributed by atoms with Crippen LogP contribution in [0.4, 0.5) is 17.5 Å². The van der Waals surface area contributed by atoms with Gasteiger partial charge in [0.05, 0.1) is 13.3 Å². The second-order valence-corrected chi connectivity index (χ2v) is 6.28. The van der Waals surface area contributed by atoms with Gasteiger partial charge in [-0.25, -0.2) is 0 Å². The van der Waals surface area contributed by atoms with Crippen molar-refractivity contribution >= 4 is 17.5 Å². The van der Waals surface area contributed by atoms with Crippen LogP contribution in [0.5, 0.6) is 5.75 Å². The number of anilines is 3. The van der Waals surface area contributed by atoms with E-state index in [0.717, 1.165) is 36.4 Å². The number of hydrogen-bond donors (Lipinski definition) is 2. The SMILES string of the molecule is CCc1cccc(C)c1Nc1nncc(NCCc2ccc(OC)cc2)n1. The average molecular weight is 363 g/mol. The van der Waals surface area contributed by atoms with Crippen LogP contribution in [-0.4, -0.2) is 28.8 Å². The lowest BCUT2D eigenvalue weighted by Gasteiger charge is -2.13. The molecule has 1 aromatic heterocycles. The van der Waals surface area contributed by atoms with Crippen LogP contribution in [0.25, 0.3) is 0 Å². The van der Waals surface area contributed by atoms with E-state index in [1.807, 2.05) is 12.1 Å². The van der Waals surface area contributed by atoms with Crippen LogP contribution in [-0.2, 0) is 12.8 Å². The Balaban J connectivity index is 1.62. The molecule has 6 nitrogen and oxygen atoms in total. The highest BCUT2D eigenvalue weighted by Crippen LogP contribution is 2.24. The maximum absolute atomic E-state index is 5.18. The van der Waals surface area contributed by atoms with Gasteiger partial charge in [-0.3, -0.25) is 0 Å². The zero-order valence-electron chi connectivity index (χ0n) is 16.0. The summed E-state index contributed by atoms with van der Waals surface area (Å²) in [5, 5.41) is 14.8. The molecule has 0 fully saturated rings. The Morgan fingerprint density at radius 2 is 1.89 bits per heavy atom. The van der Waals surface area contributed by atoms with Crippen molar-refractivity contribution in [3.05, 3.63) is 65.4 Å². The van der Waals surface area contributed by atoms with Gasteiger partial charge >= 0.3 is 0 Å². The fourth-order valence-corrected chi connectivity index (χ4v) is 2.88. The van der Waals surface area contributed by atoms with Crippen LogP contribution < -0.4 is 15.4 Å². The zero-order valence-corrected chi connectivity index (χ0v) is 16.0. The molecule has 0 bridgehead atoms. The van der Waals surface area contributed by atoms with E-state index in [1.165, 1.54) is 11.1 Å². The van der Waals surface area contributed by atoms with Gasteiger partial charge < -0.3 is 15.4 Å². The van der Waals surface area contributed by atoms with Crippen molar-refractivity contribution in [2.24, 2.45) is 0 Å². The normalized spacial score (nSPS) is 10.5. The van der Waals surface area contributed by atoms with E-state index in [9.17, 15) is 0 Å². The molecule has 0 amide bonds. The Bertz CT molecular complexity index is 880. The third kappa shape index (κ3) is 4.94. The fraction of sp³-hybridized carbons (Fsp3) is 0.286. The Morgan fingerprint density at radius 1 is 1.07 bits per heavy atom. The van der Waals surface area contributed by atoms with E-state index in [0.29, 0.717) is 11.8 Å². The van der Waals surface area contributed by atoms with Crippen LogP contribution in [0.15, 0.2) is 48.7 Å². The Hall–Kier alpha value is -3.15. The van der Waals surface area contributed by atoms with Gasteiger partial charge in [0.15, 0.2) is 5.82 Å². The molecular weight excluding hydrogens is 338 g/mol. The smallest absolute Gasteiger partial charge is 0.249 e. The molecule has 0 spiro atoms. The van der Waals surface area contributed by atoms with E-state index < -0.39 is 0 Å². The highest BCUT2D eigenvalue weighted by molar-refractivity contribution is 5.63. The number of aryl methyl sites for hydroxylation is 2. The molecule has 0 unspecified atom stereocenters. The van der Waals surface area contributed by atoms with Gasteiger partial charge in [-0.05, 0) is 48.6 Å². The molecule has 2 aromatic carbocycles. The summed E-state index contributed by atoms with van der Waals surface area (Å²) in [5.41, 5.74) is 4.68. The second-order valence-electron chi connectivity index (χ2n) is 6.28. The highest BCUT2D eigenvalue weighted by Gasteiger charge is 2.07. The number of nitrogens with one attached hydrogen (secondary N) is 2. The van der Waals surface area contributed by atoms with Gasteiger partial charge in [0.25, 0.3) is 0 Å². The Labute approximate surface area is 160 Å². The van der Waals surface area contributed by atoms with Crippen molar-refractivity contribution < 1.29 is 4.74 Å². The van der Waals surface area contributed by atoms with E-state index >= 15 is 0 Å². The van der Waals surface area contributed by atoms with Gasteiger partial charge in [0, 0.05) is 12.2 Å². The van der Waals surface area contributed by atoms with Crippen molar-refractivity contribution in [3.8, 4) is 5.75 Å². The maximum atomic E-state index is 5.18.